The summed E-state index contributed by atoms with van der Waals surface area (Å²) in [4.78, 5) is 35.7. The molecule has 0 bridgehead atoms. The number of alkyl halides is 5. The molecule has 1 saturated heterocycles. The number of aliphatic hydroxyl groups is 1. The molecule has 0 radical (unpaired) electrons. The summed E-state index contributed by atoms with van der Waals surface area (Å²) in [5, 5.41) is 14.6. The monoisotopic (exact) mass is 589 g/mol. The van der Waals surface area contributed by atoms with Crippen LogP contribution in [-0.4, -0.2) is 68.5 Å². The van der Waals surface area contributed by atoms with E-state index in [4.69, 9.17) is 0 Å². The number of carbonyl (C=O) groups excluding carboxylic acids is 2. The number of thiazole rings is 1. The van der Waals surface area contributed by atoms with Crippen molar-refractivity contribution in [2.24, 2.45) is 0 Å². The zero-order valence-corrected chi connectivity index (χ0v) is 23.2. The van der Waals surface area contributed by atoms with Crippen LogP contribution in [-0.2, 0) is 6.18 Å². The van der Waals surface area contributed by atoms with Gasteiger partial charge in [0.25, 0.3) is 17.7 Å². The van der Waals surface area contributed by atoms with Gasteiger partial charge in [0.15, 0.2) is 5.01 Å². The topological polar surface area (TPSA) is 107 Å². The van der Waals surface area contributed by atoms with E-state index in [0.29, 0.717) is 49.6 Å². The second kappa shape index (κ2) is 11.2. The second-order valence-electron chi connectivity index (χ2n) is 11.0. The van der Waals surface area contributed by atoms with Crippen molar-refractivity contribution in [3.05, 3.63) is 28.5 Å². The number of nitrogens with zero attached hydrogens (tertiary/aromatic N) is 3. The third kappa shape index (κ3) is 6.70. The number of hydrogen-bond donors (Lipinski definition) is 3. The van der Waals surface area contributed by atoms with Crippen molar-refractivity contribution < 1.29 is 36.6 Å². The first-order chi connectivity index (χ1) is 18.6. The van der Waals surface area contributed by atoms with E-state index in [1.807, 2.05) is 6.92 Å². The molecule has 8 nitrogen and oxygen atoms in total. The minimum absolute atomic E-state index is 0.0857. The molecule has 220 valence electrons. The van der Waals surface area contributed by atoms with Gasteiger partial charge in [-0.25, -0.2) is 18.7 Å². The maximum Gasteiger partial charge on any atom is 0.417 e. The first-order valence-electron chi connectivity index (χ1n) is 13.1. The molecule has 2 aromatic rings. The van der Waals surface area contributed by atoms with Gasteiger partial charge in [0, 0.05) is 37.3 Å². The molecule has 2 amide bonds. The van der Waals surface area contributed by atoms with E-state index in [1.165, 1.54) is 18.7 Å². The number of anilines is 1. The average Bonchev–Trinajstić information content (AvgIpc) is 3.49. The Labute approximate surface area is 232 Å². The van der Waals surface area contributed by atoms with Gasteiger partial charge >= 0.3 is 6.18 Å². The van der Waals surface area contributed by atoms with Crippen LogP contribution in [0.15, 0.2) is 12.3 Å². The molecule has 0 spiro atoms. The molecule has 1 saturated carbocycles. The molecule has 40 heavy (non-hydrogen) atoms. The molecular formula is C26H32F5N5O3S. The van der Waals surface area contributed by atoms with Crippen LogP contribution < -0.4 is 10.6 Å². The van der Waals surface area contributed by atoms with Gasteiger partial charge in [-0.3, -0.25) is 9.59 Å². The number of nitrogens with one attached hydrogen (secondary N) is 2. The highest BCUT2D eigenvalue weighted by Crippen LogP contribution is 2.43. The average molecular weight is 590 g/mol. The quantitative estimate of drug-likeness (QED) is 0.377. The van der Waals surface area contributed by atoms with Crippen LogP contribution in [0.2, 0.25) is 0 Å². The van der Waals surface area contributed by atoms with Gasteiger partial charge in [-0.1, -0.05) is 6.42 Å². The molecule has 0 aromatic carbocycles. The Balaban J connectivity index is 1.77. The van der Waals surface area contributed by atoms with Crippen LogP contribution in [0, 0.1) is 0 Å². The number of halogens is 5. The van der Waals surface area contributed by atoms with Crippen molar-refractivity contribution in [3.8, 4) is 10.4 Å². The Hall–Kier alpha value is -2.87. The van der Waals surface area contributed by atoms with Crippen LogP contribution >= 0.6 is 11.3 Å². The Morgan fingerprint density at radius 2 is 1.93 bits per heavy atom. The highest BCUT2D eigenvalue weighted by Gasteiger charge is 2.43. The van der Waals surface area contributed by atoms with Gasteiger partial charge in [0.1, 0.15) is 11.5 Å². The van der Waals surface area contributed by atoms with E-state index in [-0.39, 0.29) is 46.8 Å². The maximum absolute atomic E-state index is 14.4. The Morgan fingerprint density at radius 3 is 2.52 bits per heavy atom. The number of carbonyl (C=O) groups is 2. The summed E-state index contributed by atoms with van der Waals surface area (Å²) < 4.78 is 71.7. The molecule has 2 atom stereocenters. The molecule has 3 heterocycles. The van der Waals surface area contributed by atoms with Crippen LogP contribution in [0.1, 0.15) is 85.2 Å². The lowest BCUT2D eigenvalue weighted by Crippen LogP contribution is -2.42. The molecule has 3 N–H and O–H groups in total. The molecule has 1 aliphatic heterocycles. The summed E-state index contributed by atoms with van der Waals surface area (Å²) in [5.41, 5.74) is -3.26. The number of aromatic nitrogens is 2. The fourth-order valence-electron chi connectivity index (χ4n) is 4.89. The summed E-state index contributed by atoms with van der Waals surface area (Å²) >= 11 is 0.598. The lowest BCUT2D eigenvalue weighted by molar-refractivity contribution is -0.137. The first-order valence-corrected chi connectivity index (χ1v) is 13.9. The minimum Gasteiger partial charge on any atom is -0.389 e. The molecule has 14 heteroatoms. The van der Waals surface area contributed by atoms with E-state index >= 15 is 0 Å². The van der Waals surface area contributed by atoms with Gasteiger partial charge in [-0.15, -0.1) is 11.3 Å². The lowest BCUT2D eigenvalue weighted by atomic mass is 9.91. The summed E-state index contributed by atoms with van der Waals surface area (Å²) in [6.07, 6.45) is -2.07. The van der Waals surface area contributed by atoms with Crippen molar-refractivity contribution in [1.82, 2.24) is 20.2 Å². The Bertz CT molecular complexity index is 1260. The van der Waals surface area contributed by atoms with E-state index in [1.54, 1.807) is 0 Å². The summed E-state index contributed by atoms with van der Waals surface area (Å²) in [6.45, 7) is 4.97. The zero-order chi connectivity index (χ0) is 29.5. The maximum atomic E-state index is 14.4. The summed E-state index contributed by atoms with van der Waals surface area (Å²) in [5.74, 6) is -4.83. The molecule has 0 unspecified atom stereocenters. The van der Waals surface area contributed by atoms with Gasteiger partial charge in [0.2, 0.25) is 0 Å². The van der Waals surface area contributed by atoms with E-state index in [2.05, 4.69) is 20.6 Å². The molecule has 2 fully saturated rings. The highest BCUT2D eigenvalue weighted by molar-refractivity contribution is 7.17. The number of pyridine rings is 1. The van der Waals surface area contributed by atoms with E-state index in [0.717, 1.165) is 6.20 Å². The van der Waals surface area contributed by atoms with Gasteiger partial charge in [-0.05, 0) is 52.5 Å². The number of hydrogen-bond acceptors (Lipinski definition) is 7. The number of amides is 2. The summed E-state index contributed by atoms with van der Waals surface area (Å²) in [7, 11) is 0. The highest BCUT2D eigenvalue weighted by atomic mass is 32.1. The molecular weight excluding hydrogens is 557 g/mol. The third-order valence-electron chi connectivity index (χ3n) is 7.06. The number of likely N-dealkylation sites (tertiary alicyclic amines) is 1. The lowest BCUT2D eigenvalue weighted by Gasteiger charge is -2.32. The number of rotatable bonds is 7. The van der Waals surface area contributed by atoms with Crippen molar-refractivity contribution in [2.45, 2.75) is 89.1 Å². The predicted molar refractivity (Wildman–Crippen MR) is 140 cm³/mol. The SMILES string of the molecule is C[C@H]1CCCN1C(=O)c1nc(C(=O)NCC(C)(C)O)sc1-c1cnc(N[C@@H]2CCCCC2(F)F)cc1C(F)(F)F. The van der Waals surface area contributed by atoms with Crippen molar-refractivity contribution in [2.75, 3.05) is 18.4 Å². The zero-order valence-electron chi connectivity index (χ0n) is 22.4. The largest absolute Gasteiger partial charge is 0.417 e. The fraction of sp³-hybridized carbons (Fsp3) is 0.615. The fourth-order valence-corrected chi connectivity index (χ4v) is 5.89. The van der Waals surface area contributed by atoms with Crippen molar-refractivity contribution >= 4 is 29.0 Å². The van der Waals surface area contributed by atoms with Crippen LogP contribution in [0.5, 0.6) is 0 Å². The second-order valence-corrected chi connectivity index (χ2v) is 12.0. The molecule has 4 rings (SSSR count). The minimum atomic E-state index is -4.93. The van der Waals surface area contributed by atoms with Crippen molar-refractivity contribution in [3.63, 3.8) is 0 Å². The molecule has 2 aliphatic rings. The van der Waals surface area contributed by atoms with Crippen molar-refractivity contribution in [1.29, 1.82) is 0 Å². The molecule has 1 aliphatic carbocycles. The smallest absolute Gasteiger partial charge is 0.389 e. The molecule has 2 aromatic heterocycles. The predicted octanol–water partition coefficient (Wildman–Crippen LogP) is 5.34. The Kier molecular flexibility index (Phi) is 8.42. The van der Waals surface area contributed by atoms with E-state index < -0.39 is 46.7 Å². The van der Waals surface area contributed by atoms with Gasteiger partial charge < -0.3 is 20.6 Å². The normalized spacial score (nSPS) is 21.4. The summed E-state index contributed by atoms with van der Waals surface area (Å²) in [6, 6.07) is -0.872. The van der Waals surface area contributed by atoms with Gasteiger partial charge in [-0.2, -0.15) is 13.2 Å². The van der Waals surface area contributed by atoms with Crippen LogP contribution in [0.25, 0.3) is 10.4 Å². The standard InChI is InChI=1S/C26H32F5N5O3S/c1-14-7-6-10-36(14)23(38)19-20(40-22(35-19)21(37)33-13-24(2,3)39)15-12-32-18(11-16(15)26(29,30)31)34-17-8-4-5-9-25(17,27)28/h11-12,14,17,39H,4-10,13H2,1-3H3,(H,32,34)(H,33,37)/t14-,17+/m0/s1. The van der Waals surface area contributed by atoms with Crippen LogP contribution in [0.3, 0.4) is 0 Å². The van der Waals surface area contributed by atoms with Crippen LogP contribution in [0.4, 0.5) is 27.8 Å². The van der Waals surface area contributed by atoms with E-state index in [9.17, 15) is 36.6 Å². The Morgan fingerprint density at radius 1 is 1.20 bits per heavy atom. The first kappa shape index (κ1) is 30.1. The third-order valence-corrected chi connectivity index (χ3v) is 8.15. The van der Waals surface area contributed by atoms with Gasteiger partial charge in [0.05, 0.1) is 22.1 Å².